The van der Waals surface area contributed by atoms with E-state index in [1.165, 1.54) is 113 Å². The average Bonchev–Trinajstić information content (AvgIpc) is 3.04. The summed E-state index contributed by atoms with van der Waals surface area (Å²) in [5, 5.41) is 11.7. The fraction of sp³-hybridized carbons (Fsp3) is 0.579. The number of carboxylic acid groups (broad SMARTS) is 1. The van der Waals surface area contributed by atoms with Crippen LogP contribution in [0.5, 0.6) is 0 Å². The van der Waals surface area contributed by atoms with Gasteiger partial charge in [-0.1, -0.05) is 102 Å². The monoisotopic (exact) mass is 1010 g/mol. The molecule has 2 N–H and O–H groups in total. The van der Waals surface area contributed by atoms with Crippen molar-refractivity contribution >= 4 is 109 Å². The van der Waals surface area contributed by atoms with Crippen molar-refractivity contribution in [3.8, 4) is 0 Å². The number of aryl methyl sites for hydroxylation is 1. The van der Waals surface area contributed by atoms with Gasteiger partial charge >= 0.3 is 5.97 Å². The maximum absolute atomic E-state index is 13.7. The Hall–Kier alpha value is -1.49. The van der Waals surface area contributed by atoms with Crippen molar-refractivity contribution in [2.24, 2.45) is 0 Å². The van der Waals surface area contributed by atoms with Crippen LogP contribution < -0.4 is 15.1 Å². The molecule has 0 aliphatic rings. The van der Waals surface area contributed by atoms with E-state index in [4.69, 9.17) is 5.11 Å². The molecular weight excluding hydrogens is 959 g/mol. The molecule has 0 aliphatic heterocycles. The first-order chi connectivity index (χ1) is 23.4. The van der Waals surface area contributed by atoms with Crippen LogP contribution >= 0.6 is 67.8 Å². The number of nitrogens with one attached hydrogen (secondary N) is 1. The molecule has 3 amide bonds. The predicted molar refractivity (Wildman–Crippen MR) is 227 cm³/mol. The van der Waals surface area contributed by atoms with E-state index >= 15 is 0 Å². The first-order valence-corrected chi connectivity index (χ1v) is 20.9. The van der Waals surface area contributed by atoms with E-state index in [1.54, 1.807) is 14.1 Å². The topological polar surface area (TPSA) is 107 Å². The smallest absolute Gasteiger partial charge is 0.303 e. The zero-order chi connectivity index (χ0) is 36.3. The molecule has 0 bridgehead atoms. The molecule has 0 aromatic heterocycles. The Labute approximate surface area is 334 Å². The van der Waals surface area contributed by atoms with E-state index < -0.39 is 5.97 Å². The van der Waals surface area contributed by atoms with E-state index in [9.17, 15) is 19.2 Å². The minimum Gasteiger partial charge on any atom is -0.481 e. The molecule has 0 atom stereocenters. The van der Waals surface area contributed by atoms with Gasteiger partial charge in [-0.05, 0) is 105 Å². The number of aliphatic carboxylic acids is 1. The number of carbonyl (C=O) groups is 4. The van der Waals surface area contributed by atoms with E-state index in [-0.39, 0.29) is 17.7 Å². The largest absolute Gasteiger partial charge is 0.481 e. The van der Waals surface area contributed by atoms with Crippen LogP contribution in [-0.4, -0.2) is 42.9 Å². The van der Waals surface area contributed by atoms with Gasteiger partial charge in [-0.25, -0.2) is 0 Å². The summed E-state index contributed by atoms with van der Waals surface area (Å²) in [6.07, 6.45) is 21.2. The molecular formula is C38H54I3N3O5. The van der Waals surface area contributed by atoms with Crippen LogP contribution in [0.25, 0.3) is 0 Å². The Kier molecular flexibility index (Phi) is 21.3. The molecule has 0 fully saturated rings. The van der Waals surface area contributed by atoms with Crippen LogP contribution in [0.1, 0.15) is 139 Å². The van der Waals surface area contributed by atoms with E-state index in [2.05, 4.69) is 85.2 Å². The van der Waals surface area contributed by atoms with Crippen molar-refractivity contribution in [3.63, 3.8) is 0 Å². The molecule has 0 radical (unpaired) electrons. The van der Waals surface area contributed by atoms with Gasteiger partial charge in [0.1, 0.15) is 0 Å². The summed E-state index contributed by atoms with van der Waals surface area (Å²) < 4.78 is 2.05. The molecule has 272 valence electrons. The molecule has 49 heavy (non-hydrogen) atoms. The number of halogens is 3. The van der Waals surface area contributed by atoms with Crippen molar-refractivity contribution in [2.75, 3.05) is 29.2 Å². The molecule has 0 heterocycles. The number of nitrogens with zero attached hydrogens (tertiary/aromatic N) is 2. The summed E-state index contributed by atoms with van der Waals surface area (Å²) in [5.41, 5.74) is 3.61. The predicted octanol–water partition coefficient (Wildman–Crippen LogP) is 11.0. The minimum absolute atomic E-state index is 0.162. The zero-order valence-electron chi connectivity index (χ0n) is 29.6. The van der Waals surface area contributed by atoms with Gasteiger partial charge in [-0.2, -0.15) is 0 Å². The molecule has 2 rings (SSSR count). The lowest BCUT2D eigenvalue weighted by Crippen LogP contribution is -2.31. The third kappa shape index (κ3) is 15.3. The third-order valence-corrected chi connectivity index (χ3v) is 12.1. The fourth-order valence-corrected chi connectivity index (χ4v) is 10.9. The second-order valence-corrected chi connectivity index (χ2v) is 16.1. The number of amides is 3. The summed E-state index contributed by atoms with van der Waals surface area (Å²) in [4.78, 5) is 51.9. The summed E-state index contributed by atoms with van der Waals surface area (Å²) in [7, 11) is 3.36. The van der Waals surface area contributed by atoms with E-state index in [0.29, 0.717) is 36.2 Å². The Morgan fingerprint density at radius 3 is 1.33 bits per heavy atom. The highest BCUT2D eigenvalue weighted by Crippen LogP contribution is 2.42. The summed E-state index contributed by atoms with van der Waals surface area (Å²) in [5.74, 6) is -1.29. The summed E-state index contributed by atoms with van der Waals surface area (Å²) in [6, 6.07) is 8.03. The third-order valence-electron chi connectivity index (χ3n) is 8.93. The molecule has 2 aromatic rings. The second kappa shape index (κ2) is 23.9. The quantitative estimate of drug-likeness (QED) is 0.0852. The van der Waals surface area contributed by atoms with Gasteiger partial charge in [0.25, 0.3) is 5.91 Å². The summed E-state index contributed by atoms with van der Waals surface area (Å²) in [6.45, 7) is 2.96. The second-order valence-electron chi connectivity index (χ2n) is 12.9. The normalized spacial score (nSPS) is 11.0. The number of carboxylic acids is 1. The maximum atomic E-state index is 13.7. The van der Waals surface area contributed by atoms with E-state index in [0.717, 1.165) is 29.3 Å². The molecule has 0 spiro atoms. The lowest BCUT2D eigenvalue weighted by molar-refractivity contribution is -0.137. The van der Waals surface area contributed by atoms with Gasteiger partial charge in [0.2, 0.25) is 11.8 Å². The standard InChI is InChI=1S/C38H54I3N3O5/c1-27(45)43(3)36-33(39)32(34(40)37(35(36)41)44(4)28(2)46)38(49)42-30-25-23-29(24-26-30)21-19-17-15-13-11-9-7-5-6-8-10-12-14-16-18-20-22-31(47)48/h23-26H,5-22H2,1-4H3,(H,42,49)(H,47,48). The fourth-order valence-electron chi connectivity index (χ4n) is 5.77. The highest BCUT2D eigenvalue weighted by Gasteiger charge is 2.29. The maximum Gasteiger partial charge on any atom is 0.303 e. The van der Waals surface area contributed by atoms with Crippen LogP contribution in [0.3, 0.4) is 0 Å². The lowest BCUT2D eigenvalue weighted by atomic mass is 10.0. The van der Waals surface area contributed by atoms with E-state index in [1.807, 2.05) is 12.1 Å². The molecule has 0 aliphatic carbocycles. The van der Waals surface area contributed by atoms with Crippen LogP contribution in [0.4, 0.5) is 17.1 Å². The van der Waals surface area contributed by atoms with Gasteiger partial charge < -0.3 is 20.2 Å². The number of hydrogen-bond donors (Lipinski definition) is 2. The van der Waals surface area contributed by atoms with Crippen molar-refractivity contribution in [3.05, 3.63) is 46.1 Å². The van der Waals surface area contributed by atoms with Gasteiger partial charge in [0.05, 0.1) is 27.6 Å². The van der Waals surface area contributed by atoms with Crippen LogP contribution in [0, 0.1) is 10.7 Å². The minimum atomic E-state index is -0.678. The van der Waals surface area contributed by atoms with Crippen molar-refractivity contribution in [1.82, 2.24) is 0 Å². The Bertz CT molecular complexity index is 1340. The lowest BCUT2D eigenvalue weighted by Gasteiger charge is -2.27. The van der Waals surface area contributed by atoms with Gasteiger partial charge in [-0.3, -0.25) is 19.2 Å². The Balaban J connectivity index is 1.72. The molecule has 0 unspecified atom stereocenters. The van der Waals surface area contributed by atoms with Gasteiger partial charge in [-0.15, -0.1) is 0 Å². The van der Waals surface area contributed by atoms with Crippen molar-refractivity contribution < 1.29 is 24.3 Å². The van der Waals surface area contributed by atoms with Crippen LogP contribution in [0.15, 0.2) is 24.3 Å². The van der Waals surface area contributed by atoms with Gasteiger partial charge in [0.15, 0.2) is 0 Å². The number of unbranched alkanes of at least 4 members (excludes halogenated alkanes) is 15. The Morgan fingerprint density at radius 2 is 0.959 bits per heavy atom. The molecule has 8 nitrogen and oxygen atoms in total. The molecule has 0 saturated heterocycles. The van der Waals surface area contributed by atoms with Crippen molar-refractivity contribution in [1.29, 1.82) is 0 Å². The average molecular weight is 1010 g/mol. The SMILES string of the molecule is CC(=O)N(C)c1c(I)c(C(=O)Nc2ccc(CCCCCCCCCCCCCCCCCCC(=O)O)cc2)c(I)c(N(C)C(C)=O)c1I. The number of rotatable bonds is 23. The van der Waals surface area contributed by atoms with Crippen LogP contribution in [0.2, 0.25) is 0 Å². The first-order valence-electron chi connectivity index (χ1n) is 17.7. The van der Waals surface area contributed by atoms with Crippen molar-refractivity contribution in [2.45, 2.75) is 129 Å². The van der Waals surface area contributed by atoms with Gasteiger partial charge in [0, 0.05) is 40.1 Å². The Morgan fingerprint density at radius 1 is 0.592 bits per heavy atom. The number of hydrogen-bond acceptors (Lipinski definition) is 4. The number of carbonyl (C=O) groups excluding carboxylic acids is 3. The molecule has 11 heteroatoms. The molecule has 2 aromatic carbocycles. The number of benzene rings is 2. The highest BCUT2D eigenvalue weighted by molar-refractivity contribution is 14.1. The first kappa shape index (κ1) is 43.7. The highest BCUT2D eigenvalue weighted by atomic mass is 127. The van der Waals surface area contributed by atoms with Crippen LogP contribution in [-0.2, 0) is 20.8 Å². The summed E-state index contributed by atoms with van der Waals surface area (Å²) >= 11 is 6.40. The molecule has 0 saturated carbocycles. The zero-order valence-corrected chi connectivity index (χ0v) is 36.1. The number of anilines is 3.